The van der Waals surface area contributed by atoms with Crippen molar-refractivity contribution in [2.75, 3.05) is 18.8 Å². The van der Waals surface area contributed by atoms with Gasteiger partial charge < -0.3 is 4.90 Å². The number of thioether (sulfide) groups is 1. The number of rotatable bonds is 5. The number of aromatic nitrogens is 2. The Labute approximate surface area is 148 Å². The zero-order valence-corrected chi connectivity index (χ0v) is 15.3. The molecule has 0 bridgehead atoms. The minimum Gasteiger partial charge on any atom is -0.342 e. The highest BCUT2D eigenvalue weighted by atomic mass is 32.2. The van der Waals surface area contributed by atoms with Crippen LogP contribution in [0.1, 0.15) is 38.9 Å². The molecule has 24 heavy (non-hydrogen) atoms. The highest BCUT2D eigenvalue weighted by molar-refractivity contribution is 8.00. The molecule has 1 amide bonds. The number of likely N-dealkylation sites (tertiary alicyclic amines) is 1. The molecule has 5 heteroatoms. The number of aryl methyl sites for hydroxylation is 1. The number of fused-ring (bicyclic) bond motifs is 1. The SMILES string of the molecule is CCCc1nc(SCC(=O)N2CCC[C@H](C)C2)c2ccccc2n1. The van der Waals surface area contributed by atoms with Crippen molar-refractivity contribution in [1.29, 1.82) is 0 Å². The lowest BCUT2D eigenvalue weighted by Crippen LogP contribution is -2.40. The molecule has 0 N–H and O–H groups in total. The summed E-state index contributed by atoms with van der Waals surface area (Å²) in [5.41, 5.74) is 0.970. The number of nitrogens with zero attached hydrogens (tertiary/aromatic N) is 3. The van der Waals surface area contributed by atoms with Gasteiger partial charge in [0.2, 0.25) is 5.91 Å². The third kappa shape index (κ3) is 4.07. The summed E-state index contributed by atoms with van der Waals surface area (Å²) < 4.78 is 0. The summed E-state index contributed by atoms with van der Waals surface area (Å²) in [6.07, 6.45) is 4.24. The first-order valence-electron chi connectivity index (χ1n) is 8.83. The highest BCUT2D eigenvalue weighted by Crippen LogP contribution is 2.26. The van der Waals surface area contributed by atoms with Gasteiger partial charge in [0.05, 0.1) is 11.3 Å². The van der Waals surface area contributed by atoms with Crippen LogP contribution in [0, 0.1) is 5.92 Å². The number of carbonyl (C=O) groups is 1. The highest BCUT2D eigenvalue weighted by Gasteiger charge is 2.21. The van der Waals surface area contributed by atoms with Crippen molar-refractivity contribution in [3.05, 3.63) is 30.1 Å². The van der Waals surface area contributed by atoms with E-state index in [0.29, 0.717) is 11.7 Å². The molecule has 1 aromatic heterocycles. The molecule has 2 heterocycles. The fourth-order valence-corrected chi connectivity index (χ4v) is 4.12. The van der Waals surface area contributed by atoms with E-state index in [1.807, 2.05) is 29.2 Å². The van der Waals surface area contributed by atoms with Crippen LogP contribution in [0.5, 0.6) is 0 Å². The van der Waals surface area contributed by atoms with E-state index in [0.717, 1.165) is 54.1 Å². The van der Waals surface area contributed by atoms with Crippen molar-refractivity contribution in [2.45, 2.75) is 44.6 Å². The quantitative estimate of drug-likeness (QED) is 0.609. The van der Waals surface area contributed by atoms with Crippen molar-refractivity contribution in [2.24, 2.45) is 5.92 Å². The first kappa shape index (κ1) is 17.2. The maximum Gasteiger partial charge on any atom is 0.232 e. The lowest BCUT2D eigenvalue weighted by atomic mass is 10.0. The van der Waals surface area contributed by atoms with Crippen molar-refractivity contribution >= 4 is 28.6 Å². The molecule has 1 aromatic carbocycles. The molecular weight excluding hydrogens is 318 g/mol. The Kier molecular flexibility index (Phi) is 5.72. The number of hydrogen-bond acceptors (Lipinski definition) is 4. The fraction of sp³-hybridized carbons (Fsp3) is 0.526. The molecule has 1 aliphatic rings. The molecular formula is C19H25N3OS. The molecule has 1 fully saturated rings. The van der Waals surface area contributed by atoms with Gasteiger partial charge in [-0.25, -0.2) is 9.97 Å². The zero-order valence-electron chi connectivity index (χ0n) is 14.5. The van der Waals surface area contributed by atoms with E-state index in [4.69, 9.17) is 4.98 Å². The Hall–Kier alpha value is -1.62. The Balaban J connectivity index is 1.75. The fourth-order valence-electron chi connectivity index (χ4n) is 3.18. The van der Waals surface area contributed by atoms with Gasteiger partial charge in [-0.15, -0.1) is 0 Å². The van der Waals surface area contributed by atoms with E-state index < -0.39 is 0 Å². The Morgan fingerprint density at radius 3 is 2.96 bits per heavy atom. The monoisotopic (exact) mass is 343 g/mol. The van der Waals surface area contributed by atoms with Gasteiger partial charge in [-0.05, 0) is 31.2 Å². The summed E-state index contributed by atoms with van der Waals surface area (Å²) in [6.45, 7) is 6.15. The molecule has 4 nitrogen and oxygen atoms in total. The van der Waals surface area contributed by atoms with Crippen LogP contribution in [0.2, 0.25) is 0 Å². The molecule has 0 radical (unpaired) electrons. The minimum absolute atomic E-state index is 0.228. The van der Waals surface area contributed by atoms with Gasteiger partial charge in [0.15, 0.2) is 0 Å². The van der Waals surface area contributed by atoms with Crippen LogP contribution in [-0.4, -0.2) is 39.6 Å². The van der Waals surface area contributed by atoms with E-state index in [9.17, 15) is 4.79 Å². The molecule has 0 saturated carbocycles. The zero-order chi connectivity index (χ0) is 16.9. The lowest BCUT2D eigenvalue weighted by molar-refractivity contribution is -0.130. The van der Waals surface area contributed by atoms with Crippen molar-refractivity contribution in [3.63, 3.8) is 0 Å². The number of carbonyl (C=O) groups excluding carboxylic acids is 1. The van der Waals surface area contributed by atoms with E-state index >= 15 is 0 Å². The number of para-hydroxylation sites is 1. The average Bonchev–Trinajstić information content (AvgIpc) is 2.59. The average molecular weight is 343 g/mol. The Bertz CT molecular complexity index is 719. The van der Waals surface area contributed by atoms with Crippen LogP contribution in [0.15, 0.2) is 29.3 Å². The second-order valence-electron chi connectivity index (χ2n) is 6.59. The molecule has 0 spiro atoms. The standard InChI is InChI=1S/C19H25N3OS/c1-3-7-17-20-16-10-5-4-9-15(16)19(21-17)24-13-18(23)22-11-6-8-14(2)12-22/h4-5,9-10,14H,3,6-8,11-13H2,1-2H3/t14-/m0/s1. The Morgan fingerprint density at radius 2 is 2.17 bits per heavy atom. The lowest BCUT2D eigenvalue weighted by Gasteiger charge is -2.30. The number of benzene rings is 1. The van der Waals surface area contributed by atoms with Gasteiger partial charge in [-0.2, -0.15) is 0 Å². The first-order valence-corrected chi connectivity index (χ1v) is 9.82. The topological polar surface area (TPSA) is 46.1 Å². The molecule has 1 aliphatic heterocycles. The molecule has 128 valence electrons. The molecule has 2 aromatic rings. The molecule has 0 aliphatic carbocycles. The third-order valence-electron chi connectivity index (χ3n) is 4.43. The largest absolute Gasteiger partial charge is 0.342 e. The summed E-state index contributed by atoms with van der Waals surface area (Å²) >= 11 is 1.55. The van der Waals surface area contributed by atoms with E-state index in [1.54, 1.807) is 11.8 Å². The number of piperidine rings is 1. The number of amides is 1. The Morgan fingerprint density at radius 1 is 1.33 bits per heavy atom. The second-order valence-corrected chi connectivity index (χ2v) is 7.55. The number of hydrogen-bond donors (Lipinski definition) is 0. The summed E-state index contributed by atoms with van der Waals surface area (Å²) in [4.78, 5) is 23.9. The van der Waals surface area contributed by atoms with Crippen LogP contribution >= 0.6 is 11.8 Å². The van der Waals surface area contributed by atoms with Gasteiger partial charge in [-0.3, -0.25) is 4.79 Å². The van der Waals surface area contributed by atoms with Gasteiger partial charge in [0.1, 0.15) is 10.9 Å². The van der Waals surface area contributed by atoms with Gasteiger partial charge >= 0.3 is 0 Å². The third-order valence-corrected chi connectivity index (χ3v) is 5.41. The second kappa shape index (κ2) is 7.97. The summed E-state index contributed by atoms with van der Waals surface area (Å²) in [5, 5.41) is 1.98. The normalized spacial score (nSPS) is 18.1. The van der Waals surface area contributed by atoms with E-state index in [1.165, 1.54) is 6.42 Å². The van der Waals surface area contributed by atoms with Crippen LogP contribution < -0.4 is 0 Å². The summed E-state index contributed by atoms with van der Waals surface area (Å²) in [5.74, 6) is 2.17. The molecule has 1 saturated heterocycles. The van der Waals surface area contributed by atoms with Crippen molar-refractivity contribution < 1.29 is 4.79 Å². The van der Waals surface area contributed by atoms with Crippen molar-refractivity contribution in [1.82, 2.24) is 14.9 Å². The van der Waals surface area contributed by atoms with Gasteiger partial charge in [0.25, 0.3) is 0 Å². The molecule has 0 unspecified atom stereocenters. The maximum absolute atomic E-state index is 12.5. The molecule has 3 rings (SSSR count). The predicted octanol–water partition coefficient (Wildman–Crippen LogP) is 3.93. The van der Waals surface area contributed by atoms with Gasteiger partial charge in [-0.1, -0.05) is 43.8 Å². The minimum atomic E-state index is 0.228. The molecule has 1 atom stereocenters. The summed E-state index contributed by atoms with van der Waals surface area (Å²) in [6, 6.07) is 8.07. The van der Waals surface area contributed by atoms with Crippen LogP contribution in [0.3, 0.4) is 0 Å². The van der Waals surface area contributed by atoms with Crippen LogP contribution in [0.4, 0.5) is 0 Å². The van der Waals surface area contributed by atoms with Crippen molar-refractivity contribution in [3.8, 4) is 0 Å². The smallest absolute Gasteiger partial charge is 0.232 e. The van der Waals surface area contributed by atoms with Crippen LogP contribution in [-0.2, 0) is 11.2 Å². The van der Waals surface area contributed by atoms with Gasteiger partial charge in [0, 0.05) is 24.9 Å². The summed E-state index contributed by atoms with van der Waals surface area (Å²) in [7, 11) is 0. The first-order chi connectivity index (χ1) is 11.7. The van der Waals surface area contributed by atoms with E-state index in [2.05, 4.69) is 18.8 Å². The van der Waals surface area contributed by atoms with Crippen LogP contribution in [0.25, 0.3) is 10.9 Å². The maximum atomic E-state index is 12.5. The predicted molar refractivity (Wildman–Crippen MR) is 99.2 cm³/mol. The van der Waals surface area contributed by atoms with E-state index in [-0.39, 0.29) is 5.91 Å².